The fourth-order valence-corrected chi connectivity index (χ4v) is 1.58. The predicted octanol–water partition coefficient (Wildman–Crippen LogP) is 3.00. The molecule has 4 heteroatoms. The Hall–Kier alpha value is -2.36. The molecule has 0 saturated heterocycles. The van der Waals surface area contributed by atoms with Crippen molar-refractivity contribution in [3.05, 3.63) is 36.4 Å². The number of hydrogen-bond acceptors (Lipinski definition) is 4. The molecule has 0 atom stereocenters. The van der Waals surface area contributed by atoms with Crippen molar-refractivity contribution in [1.82, 2.24) is 0 Å². The standard InChI is InChI=1S/C12H8O4/c13-7-4-5-9-11(6-7)16-12-8(14)2-1-3-10(12)15-9/h1-6,13-14H. The van der Waals surface area contributed by atoms with Crippen LogP contribution in [-0.4, -0.2) is 10.2 Å². The predicted molar refractivity (Wildman–Crippen MR) is 56.4 cm³/mol. The topological polar surface area (TPSA) is 58.9 Å². The zero-order valence-corrected chi connectivity index (χ0v) is 8.18. The molecular weight excluding hydrogens is 208 g/mol. The maximum atomic E-state index is 9.58. The number of fused-ring (bicyclic) bond motifs is 2. The van der Waals surface area contributed by atoms with Crippen LogP contribution in [0.5, 0.6) is 34.5 Å². The van der Waals surface area contributed by atoms with E-state index in [0.29, 0.717) is 17.2 Å². The molecule has 1 aliphatic heterocycles. The summed E-state index contributed by atoms with van der Waals surface area (Å²) < 4.78 is 11.0. The summed E-state index contributed by atoms with van der Waals surface area (Å²) >= 11 is 0. The van der Waals surface area contributed by atoms with Crippen molar-refractivity contribution < 1.29 is 19.7 Å². The molecule has 4 nitrogen and oxygen atoms in total. The second-order valence-corrected chi connectivity index (χ2v) is 3.44. The molecule has 0 aromatic heterocycles. The highest BCUT2D eigenvalue weighted by Crippen LogP contribution is 2.49. The van der Waals surface area contributed by atoms with Gasteiger partial charge in [-0.15, -0.1) is 0 Å². The van der Waals surface area contributed by atoms with Gasteiger partial charge < -0.3 is 19.7 Å². The van der Waals surface area contributed by atoms with Gasteiger partial charge in [-0.2, -0.15) is 0 Å². The average Bonchev–Trinajstić information content (AvgIpc) is 2.28. The summed E-state index contributed by atoms with van der Waals surface area (Å²) in [4.78, 5) is 0. The third-order valence-electron chi connectivity index (χ3n) is 2.32. The number of phenols is 2. The molecule has 3 rings (SSSR count). The first kappa shape index (κ1) is 8.91. The molecule has 0 saturated carbocycles. The normalized spacial score (nSPS) is 12.0. The summed E-state index contributed by atoms with van der Waals surface area (Å²) in [5, 5.41) is 18.9. The van der Waals surface area contributed by atoms with Crippen molar-refractivity contribution in [3.63, 3.8) is 0 Å². The van der Waals surface area contributed by atoms with Gasteiger partial charge in [-0.05, 0) is 24.3 Å². The van der Waals surface area contributed by atoms with E-state index in [-0.39, 0.29) is 17.2 Å². The lowest BCUT2D eigenvalue weighted by molar-refractivity contribution is 0.335. The summed E-state index contributed by atoms with van der Waals surface area (Å²) in [5.41, 5.74) is 0. The maximum Gasteiger partial charge on any atom is 0.211 e. The van der Waals surface area contributed by atoms with Crippen molar-refractivity contribution in [3.8, 4) is 34.5 Å². The minimum Gasteiger partial charge on any atom is -0.508 e. The van der Waals surface area contributed by atoms with Crippen molar-refractivity contribution >= 4 is 0 Å². The Balaban J connectivity index is 2.13. The Morgan fingerprint density at radius 1 is 0.812 bits per heavy atom. The molecule has 0 spiro atoms. The van der Waals surface area contributed by atoms with Crippen molar-refractivity contribution in [1.29, 1.82) is 0 Å². The van der Waals surface area contributed by atoms with E-state index >= 15 is 0 Å². The monoisotopic (exact) mass is 216 g/mol. The van der Waals surface area contributed by atoms with Gasteiger partial charge in [0.2, 0.25) is 5.75 Å². The number of benzene rings is 2. The van der Waals surface area contributed by atoms with E-state index in [1.165, 1.54) is 18.2 Å². The van der Waals surface area contributed by atoms with Crippen LogP contribution in [-0.2, 0) is 0 Å². The Morgan fingerprint density at radius 2 is 1.69 bits per heavy atom. The lowest BCUT2D eigenvalue weighted by Crippen LogP contribution is -1.98. The average molecular weight is 216 g/mol. The zero-order chi connectivity index (χ0) is 11.1. The van der Waals surface area contributed by atoms with Gasteiger partial charge in [0, 0.05) is 6.07 Å². The van der Waals surface area contributed by atoms with Gasteiger partial charge in [0.15, 0.2) is 23.0 Å². The lowest BCUT2D eigenvalue weighted by atomic mass is 10.2. The minimum absolute atomic E-state index is 0.00601. The maximum absolute atomic E-state index is 9.58. The summed E-state index contributed by atoms with van der Waals surface area (Å²) in [6.07, 6.45) is 0. The van der Waals surface area contributed by atoms with Crippen LogP contribution < -0.4 is 9.47 Å². The largest absolute Gasteiger partial charge is 0.508 e. The summed E-state index contributed by atoms with van der Waals surface area (Å²) in [7, 11) is 0. The highest BCUT2D eigenvalue weighted by Gasteiger charge is 2.21. The fraction of sp³-hybridized carbons (Fsp3) is 0. The first-order chi connectivity index (χ1) is 7.74. The Kier molecular flexibility index (Phi) is 1.71. The Labute approximate surface area is 91.3 Å². The Morgan fingerprint density at radius 3 is 2.56 bits per heavy atom. The van der Waals surface area contributed by atoms with Gasteiger partial charge in [0.1, 0.15) is 5.75 Å². The molecule has 2 aromatic rings. The third-order valence-corrected chi connectivity index (χ3v) is 2.32. The molecule has 0 unspecified atom stereocenters. The van der Waals surface area contributed by atoms with Crippen molar-refractivity contribution in [2.45, 2.75) is 0 Å². The van der Waals surface area contributed by atoms with E-state index in [1.807, 2.05) is 0 Å². The second-order valence-electron chi connectivity index (χ2n) is 3.44. The van der Waals surface area contributed by atoms with Gasteiger partial charge in [-0.25, -0.2) is 0 Å². The van der Waals surface area contributed by atoms with Gasteiger partial charge in [-0.3, -0.25) is 0 Å². The molecule has 1 aliphatic rings. The smallest absolute Gasteiger partial charge is 0.211 e. The molecule has 0 amide bonds. The van der Waals surface area contributed by atoms with E-state index in [2.05, 4.69) is 0 Å². The quantitative estimate of drug-likeness (QED) is 0.606. The molecule has 0 fully saturated rings. The van der Waals surface area contributed by atoms with Crippen molar-refractivity contribution in [2.24, 2.45) is 0 Å². The summed E-state index contributed by atoms with van der Waals surface area (Å²) in [6.45, 7) is 0. The zero-order valence-electron chi connectivity index (χ0n) is 8.18. The lowest BCUT2D eigenvalue weighted by Gasteiger charge is -2.20. The second kappa shape index (κ2) is 3.06. The van der Waals surface area contributed by atoms with Gasteiger partial charge >= 0.3 is 0 Å². The van der Waals surface area contributed by atoms with E-state index < -0.39 is 0 Å². The minimum atomic E-state index is 0.00601. The van der Waals surface area contributed by atoms with Gasteiger partial charge in [0.25, 0.3) is 0 Å². The van der Waals surface area contributed by atoms with E-state index in [9.17, 15) is 10.2 Å². The molecule has 16 heavy (non-hydrogen) atoms. The van der Waals surface area contributed by atoms with Crippen LogP contribution in [0, 0.1) is 0 Å². The summed E-state index contributed by atoms with van der Waals surface area (Å²) in [6, 6.07) is 9.43. The SMILES string of the molecule is Oc1ccc2c(c1)Oc1c(O)cccc1O2. The fourth-order valence-electron chi connectivity index (χ4n) is 1.58. The van der Waals surface area contributed by atoms with E-state index in [1.54, 1.807) is 18.2 Å². The Bertz CT molecular complexity index is 563. The van der Waals surface area contributed by atoms with Crippen LogP contribution in [0.2, 0.25) is 0 Å². The third kappa shape index (κ3) is 1.24. The number of aromatic hydroxyl groups is 2. The number of ether oxygens (including phenoxy) is 2. The molecule has 1 heterocycles. The number of phenolic OH excluding ortho intramolecular Hbond substituents is 2. The van der Waals surface area contributed by atoms with Crippen LogP contribution in [0.1, 0.15) is 0 Å². The molecule has 0 aliphatic carbocycles. The highest BCUT2D eigenvalue weighted by atomic mass is 16.6. The van der Waals surface area contributed by atoms with Gasteiger partial charge in [-0.1, -0.05) is 6.07 Å². The first-order valence-electron chi connectivity index (χ1n) is 4.75. The van der Waals surface area contributed by atoms with Crippen LogP contribution in [0.3, 0.4) is 0 Å². The molecule has 0 radical (unpaired) electrons. The van der Waals surface area contributed by atoms with Crippen LogP contribution in [0.4, 0.5) is 0 Å². The van der Waals surface area contributed by atoms with Crippen LogP contribution >= 0.6 is 0 Å². The van der Waals surface area contributed by atoms with Crippen LogP contribution in [0.15, 0.2) is 36.4 Å². The van der Waals surface area contributed by atoms with Crippen LogP contribution in [0.25, 0.3) is 0 Å². The first-order valence-corrected chi connectivity index (χ1v) is 4.75. The molecule has 0 bridgehead atoms. The highest BCUT2D eigenvalue weighted by molar-refractivity contribution is 5.60. The number of hydrogen-bond donors (Lipinski definition) is 2. The molecular formula is C12H8O4. The molecule has 2 aromatic carbocycles. The molecule has 2 N–H and O–H groups in total. The number of para-hydroxylation sites is 1. The molecule has 80 valence electrons. The van der Waals surface area contributed by atoms with E-state index in [0.717, 1.165) is 0 Å². The van der Waals surface area contributed by atoms with E-state index in [4.69, 9.17) is 9.47 Å². The number of rotatable bonds is 0. The van der Waals surface area contributed by atoms with Gasteiger partial charge in [0.05, 0.1) is 0 Å². The summed E-state index contributed by atoms with van der Waals surface area (Å²) in [5.74, 6) is 1.71. The van der Waals surface area contributed by atoms with Crippen molar-refractivity contribution in [2.75, 3.05) is 0 Å².